The van der Waals surface area contributed by atoms with E-state index in [9.17, 15) is 18.0 Å². The van der Waals surface area contributed by atoms with Crippen LogP contribution in [0.15, 0.2) is 0 Å². The van der Waals surface area contributed by atoms with Gasteiger partial charge in [0.05, 0.1) is 11.7 Å². The summed E-state index contributed by atoms with van der Waals surface area (Å²) < 4.78 is 21.4. The smallest absolute Gasteiger partial charge is 0.315 e. The van der Waals surface area contributed by atoms with Gasteiger partial charge in [0.2, 0.25) is 10.0 Å². The van der Waals surface area contributed by atoms with Crippen molar-refractivity contribution in [1.29, 1.82) is 0 Å². The number of carbonyl (C=O) groups excluding carboxylic acids is 1. The van der Waals surface area contributed by atoms with Crippen LogP contribution in [0.4, 0.5) is 4.79 Å². The number of urea groups is 1. The van der Waals surface area contributed by atoms with Gasteiger partial charge in [0.15, 0.2) is 0 Å². The molecule has 1 saturated carbocycles. The average molecular weight is 307 g/mol. The number of amides is 2. The van der Waals surface area contributed by atoms with Crippen LogP contribution in [-0.4, -0.2) is 43.9 Å². The van der Waals surface area contributed by atoms with Gasteiger partial charge in [-0.1, -0.05) is 0 Å². The summed E-state index contributed by atoms with van der Waals surface area (Å²) >= 11 is 0. The van der Waals surface area contributed by atoms with Crippen molar-refractivity contribution in [2.45, 2.75) is 38.1 Å². The van der Waals surface area contributed by atoms with E-state index in [4.69, 9.17) is 10.2 Å². The van der Waals surface area contributed by atoms with Gasteiger partial charge >= 0.3 is 12.0 Å². The van der Waals surface area contributed by atoms with Crippen molar-refractivity contribution < 1.29 is 23.1 Å². The SMILES string of the molecule is NS(=O)(=O)CCCNC(=O)NC1CCC(C(=O)O)CC1. The van der Waals surface area contributed by atoms with Crippen molar-refractivity contribution in [2.75, 3.05) is 12.3 Å². The highest BCUT2D eigenvalue weighted by molar-refractivity contribution is 7.89. The summed E-state index contributed by atoms with van der Waals surface area (Å²) in [5.74, 6) is -1.27. The zero-order valence-electron chi connectivity index (χ0n) is 11.2. The molecular weight excluding hydrogens is 286 g/mol. The fraction of sp³-hybridized carbons (Fsp3) is 0.818. The van der Waals surface area contributed by atoms with Gasteiger partial charge in [-0.25, -0.2) is 18.4 Å². The minimum absolute atomic E-state index is 0.0242. The molecule has 0 unspecified atom stereocenters. The van der Waals surface area contributed by atoms with Crippen LogP contribution in [-0.2, 0) is 14.8 Å². The van der Waals surface area contributed by atoms with Crippen LogP contribution in [0.5, 0.6) is 0 Å². The van der Waals surface area contributed by atoms with E-state index in [-0.39, 0.29) is 36.7 Å². The first-order valence-corrected chi connectivity index (χ1v) is 8.27. The van der Waals surface area contributed by atoms with Gasteiger partial charge in [-0.2, -0.15) is 0 Å². The molecule has 0 aromatic rings. The number of aliphatic carboxylic acids is 1. The van der Waals surface area contributed by atoms with Gasteiger partial charge < -0.3 is 15.7 Å². The molecule has 0 aliphatic heterocycles. The first-order valence-electron chi connectivity index (χ1n) is 6.55. The van der Waals surface area contributed by atoms with Crippen LogP contribution >= 0.6 is 0 Å². The Morgan fingerprint density at radius 3 is 2.30 bits per heavy atom. The monoisotopic (exact) mass is 307 g/mol. The number of nitrogens with two attached hydrogens (primary N) is 1. The first kappa shape index (κ1) is 16.7. The van der Waals surface area contributed by atoms with Crippen molar-refractivity contribution in [1.82, 2.24) is 10.6 Å². The predicted molar refractivity (Wildman–Crippen MR) is 72.5 cm³/mol. The molecule has 116 valence electrons. The van der Waals surface area contributed by atoms with E-state index in [2.05, 4.69) is 10.6 Å². The number of carboxylic acid groups (broad SMARTS) is 1. The van der Waals surface area contributed by atoms with Crippen LogP contribution in [0.1, 0.15) is 32.1 Å². The van der Waals surface area contributed by atoms with Gasteiger partial charge in [-0.3, -0.25) is 4.79 Å². The van der Waals surface area contributed by atoms with Gasteiger partial charge in [0.1, 0.15) is 0 Å². The number of primary sulfonamides is 1. The second-order valence-corrected chi connectivity index (χ2v) is 6.74. The second kappa shape index (κ2) is 7.44. The molecule has 8 nitrogen and oxygen atoms in total. The van der Waals surface area contributed by atoms with Gasteiger partial charge in [-0.15, -0.1) is 0 Å². The first-order chi connectivity index (χ1) is 9.28. The van der Waals surface area contributed by atoms with E-state index >= 15 is 0 Å². The van der Waals surface area contributed by atoms with E-state index < -0.39 is 16.0 Å². The Kier molecular flexibility index (Phi) is 6.21. The van der Waals surface area contributed by atoms with Gasteiger partial charge in [0.25, 0.3) is 0 Å². The Labute approximate surface area is 118 Å². The van der Waals surface area contributed by atoms with E-state index in [0.717, 1.165) is 0 Å². The van der Waals surface area contributed by atoms with Crippen molar-refractivity contribution in [3.8, 4) is 0 Å². The summed E-state index contributed by atoms with van der Waals surface area (Å²) in [4.78, 5) is 22.3. The molecule has 1 aliphatic carbocycles. The Morgan fingerprint density at radius 2 is 1.80 bits per heavy atom. The summed E-state index contributed by atoms with van der Waals surface area (Å²) in [5, 5.41) is 19.0. The summed E-state index contributed by atoms with van der Waals surface area (Å²) in [6, 6.07) is -0.387. The lowest BCUT2D eigenvalue weighted by Gasteiger charge is -2.26. The van der Waals surface area contributed by atoms with Crippen LogP contribution in [0.25, 0.3) is 0 Å². The van der Waals surface area contributed by atoms with E-state index in [1.54, 1.807) is 0 Å². The maximum atomic E-state index is 11.5. The zero-order valence-corrected chi connectivity index (χ0v) is 12.0. The van der Waals surface area contributed by atoms with Gasteiger partial charge in [0, 0.05) is 12.6 Å². The van der Waals surface area contributed by atoms with E-state index in [1.807, 2.05) is 0 Å². The number of carbonyl (C=O) groups is 2. The lowest BCUT2D eigenvalue weighted by atomic mass is 9.86. The molecular formula is C11H21N3O5S. The molecule has 5 N–H and O–H groups in total. The van der Waals surface area contributed by atoms with Crippen LogP contribution in [0.2, 0.25) is 0 Å². The molecule has 0 spiro atoms. The number of carboxylic acids is 1. The van der Waals surface area contributed by atoms with Gasteiger partial charge in [-0.05, 0) is 32.1 Å². The highest BCUT2D eigenvalue weighted by atomic mass is 32.2. The van der Waals surface area contributed by atoms with Crippen molar-refractivity contribution in [3.63, 3.8) is 0 Å². The number of sulfonamides is 1. The third-order valence-corrected chi connectivity index (χ3v) is 4.16. The maximum absolute atomic E-state index is 11.5. The molecule has 0 radical (unpaired) electrons. The molecule has 1 rings (SSSR count). The highest BCUT2D eigenvalue weighted by Gasteiger charge is 2.26. The maximum Gasteiger partial charge on any atom is 0.315 e. The topological polar surface area (TPSA) is 139 Å². The molecule has 20 heavy (non-hydrogen) atoms. The molecule has 0 bridgehead atoms. The minimum Gasteiger partial charge on any atom is -0.481 e. The number of hydrogen-bond acceptors (Lipinski definition) is 4. The molecule has 0 atom stereocenters. The summed E-state index contributed by atoms with van der Waals surface area (Å²) in [7, 11) is -3.49. The Balaban J connectivity index is 2.16. The number of rotatable bonds is 6. The van der Waals surface area contributed by atoms with E-state index in [0.29, 0.717) is 25.7 Å². The second-order valence-electron chi connectivity index (χ2n) is 5.01. The van der Waals surface area contributed by atoms with Crippen molar-refractivity contribution in [3.05, 3.63) is 0 Å². The number of hydrogen-bond donors (Lipinski definition) is 4. The Morgan fingerprint density at radius 1 is 1.20 bits per heavy atom. The highest BCUT2D eigenvalue weighted by Crippen LogP contribution is 2.24. The lowest BCUT2D eigenvalue weighted by Crippen LogP contribution is -2.44. The zero-order chi connectivity index (χ0) is 15.2. The van der Waals surface area contributed by atoms with Crippen LogP contribution in [0, 0.1) is 5.92 Å². The predicted octanol–water partition coefficient (Wildman–Crippen LogP) is -0.392. The molecule has 0 saturated heterocycles. The molecule has 1 fully saturated rings. The van der Waals surface area contributed by atoms with Crippen LogP contribution in [0.3, 0.4) is 0 Å². The normalized spacial score (nSPS) is 23.1. The van der Waals surface area contributed by atoms with E-state index in [1.165, 1.54) is 0 Å². The van der Waals surface area contributed by atoms with Crippen LogP contribution < -0.4 is 15.8 Å². The molecule has 9 heteroatoms. The fourth-order valence-corrected chi connectivity index (χ4v) is 2.74. The van der Waals surface area contributed by atoms with Crippen molar-refractivity contribution in [2.24, 2.45) is 11.1 Å². The third kappa shape index (κ3) is 6.71. The largest absolute Gasteiger partial charge is 0.481 e. The molecule has 2 amide bonds. The number of nitrogens with one attached hydrogen (secondary N) is 2. The summed E-state index contributed by atoms with van der Waals surface area (Å²) in [6.45, 7) is 0.229. The van der Waals surface area contributed by atoms with Crippen molar-refractivity contribution >= 4 is 22.0 Å². The minimum atomic E-state index is -3.49. The third-order valence-electron chi connectivity index (χ3n) is 3.30. The molecule has 0 heterocycles. The summed E-state index contributed by atoms with van der Waals surface area (Å²) in [5.41, 5.74) is 0. The summed E-state index contributed by atoms with van der Waals surface area (Å²) in [6.07, 6.45) is 2.67. The fourth-order valence-electron chi connectivity index (χ4n) is 2.20. The Bertz CT molecular complexity index is 443. The molecule has 0 aromatic heterocycles. The molecule has 1 aliphatic rings. The standard InChI is InChI=1S/C11H21N3O5S/c12-20(18,19)7-1-6-13-11(17)14-9-4-2-8(3-5-9)10(15)16/h8-9H,1-7H2,(H,15,16)(H2,12,18,19)(H2,13,14,17). The quantitative estimate of drug-likeness (QED) is 0.495. The molecule has 0 aromatic carbocycles. The average Bonchev–Trinajstić information content (AvgIpc) is 2.34. The lowest BCUT2D eigenvalue weighted by molar-refractivity contribution is -0.142. The Hall–Kier alpha value is -1.35.